The molecule has 0 saturated carbocycles. The summed E-state index contributed by atoms with van der Waals surface area (Å²) >= 11 is 0. The molecule has 0 radical (unpaired) electrons. The van der Waals surface area contributed by atoms with E-state index in [4.69, 9.17) is 52.6 Å². The van der Waals surface area contributed by atoms with Crippen LogP contribution in [0.1, 0.15) is 0 Å². The number of hydrogen-bond acceptors (Lipinski definition) is 12. The maximum Gasteiger partial charge on any atom is 3.00 e. The minimum atomic E-state index is -5.17. The third-order valence-corrected chi connectivity index (χ3v) is 0. The van der Waals surface area contributed by atoms with Crippen molar-refractivity contribution >= 4 is 31.2 Å². The maximum absolute atomic E-state index is 8.52. The van der Waals surface area contributed by atoms with Gasteiger partial charge in [0.2, 0.25) is 0 Å². The topological polar surface area (TPSA) is 272 Å². The van der Waals surface area contributed by atoms with Crippen LogP contribution in [0.3, 0.4) is 0 Å². The third-order valence-electron chi connectivity index (χ3n) is 0. The SMILES string of the molecule is O.O=S(=O)([O-])[O-].O=S(=O)([O-])[O-].O=S(=O)([O-])[O-].[Pr+3].[Pr+3]. The van der Waals surface area contributed by atoms with Crippen molar-refractivity contribution in [2.24, 2.45) is 0 Å². The summed E-state index contributed by atoms with van der Waals surface area (Å²) in [6.45, 7) is 0. The van der Waals surface area contributed by atoms with Crippen molar-refractivity contribution in [2.45, 2.75) is 0 Å². The Hall–Kier alpha value is 2.30. The van der Waals surface area contributed by atoms with E-state index in [1.807, 2.05) is 0 Å². The molecular weight excluding hydrogens is 586 g/mol. The molecule has 0 unspecified atom stereocenters. The predicted octanol–water partition coefficient (Wildman–Crippen LogP) is -4.84. The van der Waals surface area contributed by atoms with Crippen molar-refractivity contribution < 1.29 is 141 Å². The van der Waals surface area contributed by atoms with Crippen LogP contribution < -0.4 is 0 Å². The Kier molecular flexibility index (Phi) is 32.2. The molecule has 0 aliphatic rings. The summed E-state index contributed by atoms with van der Waals surface area (Å²) < 4.78 is 102. The first-order valence-electron chi connectivity index (χ1n) is 2.00. The molecule has 0 amide bonds. The zero-order valence-corrected chi connectivity index (χ0v) is 17.6. The Morgan fingerprint density at radius 3 is 0.444 bits per heavy atom. The van der Waals surface area contributed by atoms with Crippen LogP contribution in [0.5, 0.6) is 0 Å². The van der Waals surface area contributed by atoms with E-state index in [2.05, 4.69) is 0 Å². The Morgan fingerprint density at radius 1 is 0.444 bits per heavy atom. The summed E-state index contributed by atoms with van der Waals surface area (Å²) in [6.07, 6.45) is 0. The molecule has 18 heavy (non-hydrogen) atoms. The summed E-state index contributed by atoms with van der Waals surface area (Å²) in [5, 5.41) is 0. The van der Waals surface area contributed by atoms with Crippen molar-refractivity contribution in [1.29, 1.82) is 0 Å². The minimum absolute atomic E-state index is 0. The Bertz CT molecular complexity index is 341. The second-order valence-electron chi connectivity index (χ2n) is 1.22. The molecule has 2 N–H and O–H groups in total. The molecule has 0 rings (SSSR count). The van der Waals surface area contributed by atoms with Gasteiger partial charge in [-0.15, -0.1) is 0 Å². The minimum Gasteiger partial charge on any atom is -0.759 e. The second kappa shape index (κ2) is 15.7. The van der Waals surface area contributed by atoms with Crippen LogP contribution in [0, 0.1) is 82.6 Å². The van der Waals surface area contributed by atoms with Gasteiger partial charge in [0.1, 0.15) is 0 Å². The molecule has 13 nitrogen and oxygen atoms in total. The van der Waals surface area contributed by atoms with Crippen LogP contribution >= 0.6 is 0 Å². The Morgan fingerprint density at radius 2 is 0.444 bits per heavy atom. The first kappa shape index (κ1) is 37.0. The van der Waals surface area contributed by atoms with E-state index in [0.29, 0.717) is 0 Å². The van der Waals surface area contributed by atoms with Crippen LogP contribution in [0.25, 0.3) is 0 Å². The number of hydrogen-bond donors (Lipinski definition) is 0. The van der Waals surface area contributed by atoms with Gasteiger partial charge in [-0.1, -0.05) is 0 Å². The van der Waals surface area contributed by atoms with Gasteiger partial charge in [-0.3, -0.25) is 25.3 Å². The van der Waals surface area contributed by atoms with Crippen molar-refractivity contribution in [3.8, 4) is 0 Å². The average molecular weight is 588 g/mol. The molecule has 18 heteroatoms. The molecule has 0 aromatic carbocycles. The number of rotatable bonds is 0. The monoisotopic (exact) mass is 588 g/mol. The van der Waals surface area contributed by atoms with Crippen molar-refractivity contribution in [3.63, 3.8) is 0 Å². The van der Waals surface area contributed by atoms with Gasteiger partial charge in [-0.2, -0.15) is 0 Å². The van der Waals surface area contributed by atoms with E-state index in [-0.39, 0.29) is 88.1 Å². The van der Waals surface area contributed by atoms with Gasteiger partial charge in [0.25, 0.3) is 0 Å². The molecule has 0 spiro atoms. The van der Waals surface area contributed by atoms with Crippen LogP contribution in [-0.4, -0.2) is 58.0 Å². The summed E-state index contributed by atoms with van der Waals surface area (Å²) in [5.74, 6) is 0. The first-order valence-corrected chi connectivity index (χ1v) is 6.00. The van der Waals surface area contributed by atoms with Crippen LogP contribution in [0.2, 0.25) is 0 Å². The van der Waals surface area contributed by atoms with Crippen LogP contribution in [-0.2, 0) is 31.2 Å². The molecule has 0 bridgehead atoms. The molecule has 0 aromatic rings. The van der Waals surface area contributed by atoms with Crippen LogP contribution in [0.4, 0.5) is 0 Å². The quantitative estimate of drug-likeness (QED) is 0.190. The first-order chi connectivity index (χ1) is 6.00. The fourth-order valence-electron chi connectivity index (χ4n) is 0. The van der Waals surface area contributed by atoms with Gasteiger partial charge in [-0.25, -0.2) is 0 Å². The zero-order chi connectivity index (χ0) is 13.5. The molecular formula is H2O13Pr2S3. The maximum atomic E-state index is 8.52. The van der Waals surface area contributed by atoms with E-state index in [9.17, 15) is 0 Å². The van der Waals surface area contributed by atoms with Gasteiger partial charge in [0, 0.05) is 31.2 Å². The molecule has 0 saturated heterocycles. The average Bonchev–Trinajstić information content (AvgIpc) is 1.41. The molecule has 0 aliphatic heterocycles. The van der Waals surface area contributed by atoms with Gasteiger partial charge >= 0.3 is 82.6 Å². The standard InChI is InChI=1S/3H2O4S.H2O.2Pr/c3*1-5(2,3)4;;;/h3*(H2,1,2,3,4);1H2;;/q;;;;2*+3/p-6. The summed E-state index contributed by atoms with van der Waals surface area (Å²) in [6, 6.07) is 0. The van der Waals surface area contributed by atoms with E-state index in [1.165, 1.54) is 0 Å². The summed E-state index contributed by atoms with van der Waals surface area (Å²) in [4.78, 5) is 0. The van der Waals surface area contributed by atoms with E-state index < -0.39 is 31.2 Å². The fraction of sp³-hybridized carbons (Fsp3) is 0. The van der Waals surface area contributed by atoms with E-state index >= 15 is 0 Å². The predicted molar refractivity (Wildman–Crippen MR) is 35.0 cm³/mol. The zero-order valence-electron chi connectivity index (χ0n) is 7.78. The second-order valence-corrected chi connectivity index (χ2v) is 3.67. The van der Waals surface area contributed by atoms with Crippen molar-refractivity contribution in [2.75, 3.05) is 0 Å². The van der Waals surface area contributed by atoms with Gasteiger partial charge in [0.15, 0.2) is 0 Å². The Labute approximate surface area is 169 Å². The molecule has 0 fully saturated rings. The van der Waals surface area contributed by atoms with Crippen LogP contribution in [0.15, 0.2) is 0 Å². The fourth-order valence-corrected chi connectivity index (χ4v) is 0. The van der Waals surface area contributed by atoms with Gasteiger partial charge < -0.3 is 32.8 Å². The molecule has 0 atom stereocenters. The Balaban J connectivity index is -0.0000000277. The summed E-state index contributed by atoms with van der Waals surface area (Å²) in [7, 11) is -15.5. The summed E-state index contributed by atoms with van der Waals surface area (Å²) in [5.41, 5.74) is 0. The molecule has 104 valence electrons. The van der Waals surface area contributed by atoms with Gasteiger partial charge in [0.05, 0.1) is 0 Å². The molecule has 0 aliphatic carbocycles. The molecule has 0 aromatic heterocycles. The third kappa shape index (κ3) is 1040. The largest absolute Gasteiger partial charge is 3.00 e. The van der Waals surface area contributed by atoms with E-state index in [1.54, 1.807) is 0 Å². The van der Waals surface area contributed by atoms with Crippen molar-refractivity contribution in [3.05, 3.63) is 0 Å². The van der Waals surface area contributed by atoms with Gasteiger partial charge in [-0.05, 0) is 0 Å². The normalized spacial score (nSPS) is 9.67. The smallest absolute Gasteiger partial charge is 0.759 e. The molecule has 0 heterocycles. The van der Waals surface area contributed by atoms with E-state index in [0.717, 1.165) is 0 Å². The van der Waals surface area contributed by atoms with Crippen molar-refractivity contribution in [1.82, 2.24) is 0 Å².